The molecule has 0 aliphatic rings. The minimum atomic E-state index is -3.36. The molecule has 1 amide bonds. The number of hydrogen-bond donors (Lipinski definition) is 1. The second-order valence-corrected chi connectivity index (χ2v) is 7.77. The number of anilines is 1. The van der Waals surface area contributed by atoms with Gasteiger partial charge in [0.05, 0.1) is 18.6 Å². The number of carbonyl (C=O) groups is 1. The van der Waals surface area contributed by atoms with Crippen LogP contribution in [0, 0.1) is 6.92 Å². The van der Waals surface area contributed by atoms with Crippen LogP contribution in [0.25, 0.3) is 0 Å². The molecule has 1 N–H and O–H groups in total. The zero-order chi connectivity index (χ0) is 16.8. The third-order valence-corrected chi connectivity index (χ3v) is 4.96. The molecular weight excluding hydrogens is 372 g/mol. The lowest BCUT2D eigenvalue weighted by molar-refractivity contribution is -0.116. The molecule has 124 valence electrons. The Bertz CT molecular complexity index is 619. The molecule has 1 aromatic rings. The number of benzene rings is 1. The monoisotopic (exact) mass is 392 g/mol. The molecule has 0 radical (unpaired) electrons. The summed E-state index contributed by atoms with van der Waals surface area (Å²) in [5, 5.41) is 2.76. The predicted molar refractivity (Wildman–Crippen MR) is 90.4 cm³/mol. The first-order valence-electron chi connectivity index (χ1n) is 6.74. The van der Waals surface area contributed by atoms with Crippen molar-refractivity contribution in [1.82, 2.24) is 4.31 Å². The van der Waals surface area contributed by atoms with Crippen molar-refractivity contribution in [2.75, 3.05) is 38.4 Å². The first kappa shape index (κ1) is 19.1. The first-order valence-corrected chi connectivity index (χ1v) is 9.38. The maximum Gasteiger partial charge on any atom is 0.225 e. The van der Waals surface area contributed by atoms with Crippen LogP contribution >= 0.6 is 15.9 Å². The van der Waals surface area contributed by atoms with Gasteiger partial charge in [-0.3, -0.25) is 4.79 Å². The van der Waals surface area contributed by atoms with Gasteiger partial charge in [-0.05, 0) is 40.5 Å². The smallest absolute Gasteiger partial charge is 0.225 e. The molecule has 1 aromatic carbocycles. The molecule has 0 aliphatic heterocycles. The number of halogens is 1. The van der Waals surface area contributed by atoms with Crippen LogP contribution in [0.4, 0.5) is 5.69 Å². The lowest BCUT2D eigenvalue weighted by atomic mass is 10.2. The maximum atomic E-state index is 12.0. The van der Waals surface area contributed by atoms with Gasteiger partial charge in [-0.1, -0.05) is 6.07 Å². The van der Waals surface area contributed by atoms with E-state index in [2.05, 4.69) is 21.2 Å². The molecule has 0 atom stereocenters. The van der Waals surface area contributed by atoms with Crippen LogP contribution in [-0.2, 0) is 19.6 Å². The van der Waals surface area contributed by atoms with Crippen molar-refractivity contribution in [1.29, 1.82) is 0 Å². The van der Waals surface area contributed by atoms with Crippen LogP contribution < -0.4 is 5.32 Å². The number of nitrogens with one attached hydrogen (secondary N) is 1. The van der Waals surface area contributed by atoms with Gasteiger partial charge in [0.2, 0.25) is 15.9 Å². The Balaban J connectivity index is 2.60. The van der Waals surface area contributed by atoms with E-state index in [1.54, 1.807) is 6.07 Å². The zero-order valence-corrected chi connectivity index (χ0v) is 15.3. The molecule has 0 saturated heterocycles. The molecule has 0 heterocycles. The molecule has 0 aliphatic carbocycles. The van der Waals surface area contributed by atoms with E-state index in [0.29, 0.717) is 5.69 Å². The van der Waals surface area contributed by atoms with Gasteiger partial charge < -0.3 is 10.1 Å². The van der Waals surface area contributed by atoms with Crippen LogP contribution in [0.5, 0.6) is 0 Å². The van der Waals surface area contributed by atoms with E-state index in [1.165, 1.54) is 11.4 Å². The molecule has 0 fully saturated rings. The Labute approximate surface area is 140 Å². The third-order valence-electron chi connectivity index (χ3n) is 3.00. The minimum absolute atomic E-state index is 0.0805. The Kier molecular flexibility index (Phi) is 7.47. The summed E-state index contributed by atoms with van der Waals surface area (Å²) in [5.41, 5.74) is 1.74. The Morgan fingerprint density at radius 2 is 2.05 bits per heavy atom. The Hall–Kier alpha value is -0.960. The van der Waals surface area contributed by atoms with Gasteiger partial charge in [-0.2, -0.15) is 4.31 Å². The fraction of sp³-hybridized carbons (Fsp3) is 0.500. The van der Waals surface area contributed by atoms with Gasteiger partial charge in [-0.25, -0.2) is 8.42 Å². The summed E-state index contributed by atoms with van der Waals surface area (Å²) >= 11 is 3.38. The van der Waals surface area contributed by atoms with Gasteiger partial charge in [0.25, 0.3) is 0 Å². The highest BCUT2D eigenvalue weighted by atomic mass is 79.9. The molecule has 0 spiro atoms. The van der Waals surface area contributed by atoms with Gasteiger partial charge in [0.15, 0.2) is 0 Å². The second kappa shape index (κ2) is 8.61. The normalized spacial score (nSPS) is 11.7. The molecule has 0 bridgehead atoms. The molecule has 1 rings (SSSR count). The number of amides is 1. The van der Waals surface area contributed by atoms with Gasteiger partial charge in [0.1, 0.15) is 0 Å². The quantitative estimate of drug-likeness (QED) is 0.733. The molecular formula is C14H21BrN2O4S. The summed E-state index contributed by atoms with van der Waals surface area (Å²) in [6.45, 7) is 2.60. The van der Waals surface area contributed by atoms with Crippen molar-refractivity contribution in [2.45, 2.75) is 13.3 Å². The molecule has 8 heteroatoms. The lowest BCUT2D eigenvalue weighted by Gasteiger charge is -2.19. The molecule has 6 nitrogen and oxygen atoms in total. The van der Waals surface area contributed by atoms with E-state index in [9.17, 15) is 13.2 Å². The number of sulfonamides is 1. The second-order valence-electron chi connectivity index (χ2n) is 4.94. The van der Waals surface area contributed by atoms with Crippen LogP contribution in [0.3, 0.4) is 0 Å². The number of carbonyl (C=O) groups excluding carboxylic acids is 1. The van der Waals surface area contributed by atoms with Crippen LogP contribution in [-0.4, -0.2) is 51.7 Å². The molecule has 0 saturated carbocycles. The fourth-order valence-corrected chi connectivity index (χ4v) is 3.22. The zero-order valence-electron chi connectivity index (χ0n) is 12.9. The third kappa shape index (κ3) is 6.43. The first-order chi connectivity index (χ1) is 10.2. The number of rotatable bonds is 8. The number of nitrogens with zero attached hydrogens (tertiary/aromatic N) is 1. The van der Waals surface area contributed by atoms with Gasteiger partial charge in [-0.15, -0.1) is 0 Å². The van der Waals surface area contributed by atoms with Crippen LogP contribution in [0.2, 0.25) is 0 Å². The highest BCUT2D eigenvalue weighted by Crippen LogP contribution is 2.23. The summed E-state index contributed by atoms with van der Waals surface area (Å²) in [6, 6.07) is 5.59. The molecule has 22 heavy (non-hydrogen) atoms. The molecule has 0 aromatic heterocycles. The van der Waals surface area contributed by atoms with E-state index >= 15 is 0 Å². The fourth-order valence-electron chi connectivity index (χ4n) is 1.80. The van der Waals surface area contributed by atoms with Gasteiger partial charge in [0, 0.05) is 31.1 Å². The summed E-state index contributed by atoms with van der Waals surface area (Å²) in [5.74, 6) is -0.240. The summed E-state index contributed by atoms with van der Waals surface area (Å²) in [6.07, 6.45) is 1.20. The van der Waals surface area contributed by atoms with Crippen molar-refractivity contribution < 1.29 is 17.9 Å². The number of aryl methyl sites for hydroxylation is 1. The highest BCUT2D eigenvalue weighted by molar-refractivity contribution is 9.10. The number of methoxy groups -OCH3 is 1. The summed E-state index contributed by atoms with van der Waals surface area (Å²) in [4.78, 5) is 12.0. The van der Waals surface area contributed by atoms with Crippen molar-refractivity contribution in [3.8, 4) is 0 Å². The lowest BCUT2D eigenvalue weighted by Crippen LogP contribution is -2.35. The standard InChI is InChI=1S/C14H21BrN2O4S/c1-11-4-5-13(12(15)10-11)16-14(18)6-7-17(8-9-21-2)22(3,19)20/h4-5,10H,6-9H2,1-3H3,(H,16,18). The Morgan fingerprint density at radius 3 is 2.59 bits per heavy atom. The predicted octanol–water partition coefficient (Wildman–Crippen LogP) is 1.99. The largest absolute Gasteiger partial charge is 0.383 e. The Morgan fingerprint density at radius 1 is 1.36 bits per heavy atom. The topological polar surface area (TPSA) is 75.7 Å². The van der Waals surface area contributed by atoms with Crippen LogP contribution in [0.1, 0.15) is 12.0 Å². The summed E-state index contributed by atoms with van der Waals surface area (Å²) in [7, 11) is -1.85. The summed E-state index contributed by atoms with van der Waals surface area (Å²) < 4.78 is 30.2. The van der Waals surface area contributed by atoms with Crippen molar-refractivity contribution >= 4 is 37.5 Å². The van der Waals surface area contributed by atoms with E-state index in [4.69, 9.17) is 4.74 Å². The van der Waals surface area contributed by atoms with Crippen LogP contribution in [0.15, 0.2) is 22.7 Å². The van der Waals surface area contributed by atoms with E-state index in [0.717, 1.165) is 16.3 Å². The van der Waals surface area contributed by atoms with Gasteiger partial charge >= 0.3 is 0 Å². The minimum Gasteiger partial charge on any atom is -0.383 e. The maximum absolute atomic E-state index is 12.0. The van der Waals surface area contributed by atoms with Crippen molar-refractivity contribution in [2.24, 2.45) is 0 Å². The van der Waals surface area contributed by atoms with E-state index in [-0.39, 0.29) is 32.0 Å². The average molecular weight is 393 g/mol. The molecule has 0 unspecified atom stereocenters. The van der Waals surface area contributed by atoms with Crippen molar-refractivity contribution in [3.05, 3.63) is 28.2 Å². The van der Waals surface area contributed by atoms with Crippen molar-refractivity contribution in [3.63, 3.8) is 0 Å². The number of hydrogen-bond acceptors (Lipinski definition) is 4. The number of ether oxygens (including phenoxy) is 1. The SMILES string of the molecule is COCCN(CCC(=O)Nc1ccc(C)cc1Br)S(C)(=O)=O. The average Bonchev–Trinajstić information content (AvgIpc) is 2.40. The van der Waals surface area contributed by atoms with E-state index in [1.807, 2.05) is 19.1 Å². The highest BCUT2D eigenvalue weighted by Gasteiger charge is 2.17. The van der Waals surface area contributed by atoms with E-state index < -0.39 is 10.0 Å².